The van der Waals surface area contributed by atoms with Crippen molar-refractivity contribution in [2.45, 2.75) is 31.1 Å². The molecule has 6 nitrogen and oxygen atoms in total. The van der Waals surface area contributed by atoms with Gasteiger partial charge in [-0.2, -0.15) is 13.2 Å². The van der Waals surface area contributed by atoms with E-state index in [-0.39, 0.29) is 31.5 Å². The number of halogens is 3. The molecule has 1 atom stereocenters. The van der Waals surface area contributed by atoms with Crippen LogP contribution in [-0.2, 0) is 16.9 Å². The summed E-state index contributed by atoms with van der Waals surface area (Å²) in [5.41, 5.74) is -2.21. The van der Waals surface area contributed by atoms with Gasteiger partial charge < -0.3 is 4.90 Å². The number of alkyl halides is 3. The van der Waals surface area contributed by atoms with Crippen LogP contribution >= 0.6 is 0 Å². The van der Waals surface area contributed by atoms with Gasteiger partial charge in [0.15, 0.2) is 5.54 Å². The molecule has 0 saturated carbocycles. The van der Waals surface area contributed by atoms with Crippen LogP contribution in [0.4, 0.5) is 13.2 Å². The van der Waals surface area contributed by atoms with E-state index in [0.29, 0.717) is 0 Å². The number of aromatic nitrogens is 4. The lowest BCUT2D eigenvalue weighted by molar-refractivity contribution is -0.229. The van der Waals surface area contributed by atoms with E-state index in [1.54, 1.807) is 18.2 Å². The van der Waals surface area contributed by atoms with Gasteiger partial charge in [-0.1, -0.05) is 30.3 Å². The summed E-state index contributed by atoms with van der Waals surface area (Å²) in [6, 6.07) is 7.57. The Morgan fingerprint density at radius 1 is 1.26 bits per heavy atom. The molecule has 23 heavy (non-hydrogen) atoms. The molecular weight excluding hydrogens is 311 g/mol. The Hall–Kier alpha value is -2.45. The van der Waals surface area contributed by atoms with E-state index in [9.17, 15) is 18.0 Å². The molecule has 1 saturated heterocycles. The predicted octanol–water partition coefficient (Wildman–Crippen LogP) is 1.75. The number of nitrogens with zero attached hydrogens (tertiary/aromatic N) is 5. The highest BCUT2D eigenvalue weighted by Gasteiger charge is 2.62. The van der Waals surface area contributed by atoms with Crippen molar-refractivity contribution in [3.05, 3.63) is 42.2 Å². The third-order valence-corrected chi connectivity index (χ3v) is 4.09. The molecule has 1 aliphatic heterocycles. The van der Waals surface area contributed by atoms with Crippen molar-refractivity contribution in [2.75, 3.05) is 6.54 Å². The van der Waals surface area contributed by atoms with Crippen molar-refractivity contribution < 1.29 is 18.0 Å². The van der Waals surface area contributed by atoms with Gasteiger partial charge in [0.05, 0.1) is 0 Å². The van der Waals surface area contributed by atoms with Crippen LogP contribution in [0.2, 0.25) is 0 Å². The van der Waals surface area contributed by atoms with E-state index in [0.717, 1.165) is 9.58 Å². The first-order chi connectivity index (χ1) is 10.9. The van der Waals surface area contributed by atoms with Crippen LogP contribution in [0.25, 0.3) is 0 Å². The van der Waals surface area contributed by atoms with E-state index in [1.807, 2.05) is 0 Å². The molecule has 122 valence electrons. The van der Waals surface area contributed by atoms with E-state index >= 15 is 0 Å². The zero-order valence-electron chi connectivity index (χ0n) is 12.1. The number of hydrogen-bond acceptors (Lipinski definition) is 4. The normalized spacial score (nSPS) is 21.6. The van der Waals surface area contributed by atoms with Gasteiger partial charge >= 0.3 is 6.18 Å². The second kappa shape index (κ2) is 5.64. The predicted molar refractivity (Wildman–Crippen MR) is 72.9 cm³/mol. The van der Waals surface area contributed by atoms with Crippen molar-refractivity contribution in [1.29, 1.82) is 0 Å². The Balaban J connectivity index is 1.99. The summed E-state index contributed by atoms with van der Waals surface area (Å²) in [7, 11) is 0. The van der Waals surface area contributed by atoms with Gasteiger partial charge in [-0.05, 0) is 28.8 Å². The molecule has 1 aliphatic rings. The summed E-state index contributed by atoms with van der Waals surface area (Å²) in [5.74, 6) is -0.657. The van der Waals surface area contributed by atoms with Crippen LogP contribution in [0.1, 0.15) is 18.4 Å². The fraction of sp³-hybridized carbons (Fsp3) is 0.429. The van der Waals surface area contributed by atoms with Crippen LogP contribution in [0.15, 0.2) is 36.7 Å². The van der Waals surface area contributed by atoms with Crippen molar-refractivity contribution in [2.24, 2.45) is 0 Å². The maximum Gasteiger partial charge on any atom is 0.415 e. The molecular formula is C14H14F3N5O. The third kappa shape index (κ3) is 2.55. The minimum Gasteiger partial charge on any atom is -0.323 e. The Morgan fingerprint density at radius 2 is 2.00 bits per heavy atom. The molecule has 2 aromatic rings. The standard InChI is InChI=1S/C14H14F3N5O/c15-14(16,17)13(11-5-2-1-3-6-11)7-4-8-22(13)12(23)9-21-10-18-19-20-21/h1-3,5-6,10H,4,7-9H2. The first-order valence-corrected chi connectivity index (χ1v) is 7.08. The SMILES string of the molecule is O=C(Cn1cnnn1)N1CCCC1(c1ccccc1)C(F)(F)F. The molecule has 0 aliphatic carbocycles. The highest BCUT2D eigenvalue weighted by atomic mass is 19.4. The minimum absolute atomic E-state index is 0.0510. The molecule has 0 bridgehead atoms. The lowest BCUT2D eigenvalue weighted by Crippen LogP contribution is -2.55. The van der Waals surface area contributed by atoms with E-state index in [4.69, 9.17) is 0 Å². The molecule has 1 aromatic heterocycles. The fourth-order valence-corrected chi connectivity index (χ4v) is 3.11. The maximum atomic E-state index is 13.9. The number of amides is 1. The van der Waals surface area contributed by atoms with Gasteiger partial charge in [0.2, 0.25) is 5.91 Å². The number of rotatable bonds is 3. The molecule has 1 aromatic carbocycles. The zero-order chi connectivity index (χ0) is 16.5. The molecule has 0 spiro atoms. The van der Waals surface area contributed by atoms with Crippen molar-refractivity contribution in [3.8, 4) is 0 Å². The van der Waals surface area contributed by atoms with Crippen LogP contribution in [0.3, 0.4) is 0 Å². The summed E-state index contributed by atoms with van der Waals surface area (Å²) in [6.07, 6.45) is -3.23. The van der Waals surface area contributed by atoms with Crippen molar-refractivity contribution in [1.82, 2.24) is 25.1 Å². The largest absolute Gasteiger partial charge is 0.415 e. The maximum absolute atomic E-state index is 13.9. The molecule has 0 N–H and O–H groups in total. The summed E-state index contributed by atoms with van der Waals surface area (Å²) >= 11 is 0. The highest BCUT2D eigenvalue weighted by molar-refractivity contribution is 5.77. The van der Waals surface area contributed by atoms with E-state index in [1.165, 1.54) is 18.5 Å². The molecule has 9 heteroatoms. The Labute approximate surface area is 129 Å². The first kappa shape index (κ1) is 15.4. The Bertz CT molecular complexity index is 673. The average Bonchev–Trinajstić information content (AvgIpc) is 3.16. The number of tetrazole rings is 1. The number of benzene rings is 1. The fourth-order valence-electron chi connectivity index (χ4n) is 3.11. The van der Waals surface area contributed by atoms with Gasteiger partial charge in [0.1, 0.15) is 12.9 Å². The summed E-state index contributed by atoms with van der Waals surface area (Å²) in [6.45, 7) is -0.271. The molecule has 2 heterocycles. The lowest BCUT2D eigenvalue weighted by atomic mass is 9.86. The number of hydrogen-bond donors (Lipinski definition) is 0. The van der Waals surface area contributed by atoms with E-state index < -0.39 is 17.6 Å². The molecule has 1 amide bonds. The zero-order valence-corrected chi connectivity index (χ0v) is 12.1. The average molecular weight is 325 g/mol. The summed E-state index contributed by atoms with van der Waals surface area (Å²) in [4.78, 5) is 13.4. The number of carbonyl (C=O) groups is 1. The van der Waals surface area contributed by atoms with Gasteiger partial charge in [0, 0.05) is 6.54 Å². The first-order valence-electron chi connectivity index (χ1n) is 7.08. The van der Waals surface area contributed by atoms with Gasteiger partial charge in [0.25, 0.3) is 0 Å². The number of carbonyl (C=O) groups excluding carboxylic acids is 1. The topological polar surface area (TPSA) is 63.9 Å². The van der Waals surface area contributed by atoms with Gasteiger partial charge in [-0.3, -0.25) is 4.79 Å². The minimum atomic E-state index is -4.57. The van der Waals surface area contributed by atoms with Crippen molar-refractivity contribution in [3.63, 3.8) is 0 Å². The van der Waals surface area contributed by atoms with Crippen LogP contribution in [0, 0.1) is 0 Å². The Morgan fingerprint density at radius 3 is 2.61 bits per heavy atom. The second-order valence-electron chi connectivity index (χ2n) is 5.38. The molecule has 0 radical (unpaired) electrons. The van der Waals surface area contributed by atoms with Crippen LogP contribution < -0.4 is 0 Å². The van der Waals surface area contributed by atoms with Crippen LogP contribution in [0.5, 0.6) is 0 Å². The molecule has 3 rings (SSSR count). The quantitative estimate of drug-likeness (QED) is 0.862. The van der Waals surface area contributed by atoms with Crippen LogP contribution in [-0.4, -0.2) is 43.7 Å². The second-order valence-corrected chi connectivity index (χ2v) is 5.38. The molecule has 1 unspecified atom stereocenters. The monoisotopic (exact) mass is 325 g/mol. The summed E-state index contributed by atoms with van der Waals surface area (Å²) < 4.78 is 43.0. The lowest BCUT2D eigenvalue weighted by Gasteiger charge is -2.40. The Kier molecular flexibility index (Phi) is 3.78. The number of likely N-dealkylation sites (tertiary alicyclic amines) is 1. The third-order valence-electron chi connectivity index (χ3n) is 4.09. The van der Waals surface area contributed by atoms with Crippen molar-refractivity contribution >= 4 is 5.91 Å². The smallest absolute Gasteiger partial charge is 0.323 e. The van der Waals surface area contributed by atoms with Gasteiger partial charge in [-0.15, -0.1) is 5.10 Å². The van der Waals surface area contributed by atoms with E-state index in [2.05, 4.69) is 15.5 Å². The highest BCUT2D eigenvalue weighted by Crippen LogP contribution is 2.50. The summed E-state index contributed by atoms with van der Waals surface area (Å²) in [5, 5.41) is 10.3. The van der Waals surface area contributed by atoms with Gasteiger partial charge in [-0.25, -0.2) is 4.68 Å². The molecule has 1 fully saturated rings.